The number of hydrogen-bond acceptors (Lipinski definition) is 4. The molecule has 0 aliphatic heterocycles. The van der Waals surface area contributed by atoms with Crippen LogP contribution in [0.3, 0.4) is 0 Å². The zero-order valence-corrected chi connectivity index (χ0v) is 14.1. The van der Waals surface area contributed by atoms with Gasteiger partial charge in [0.15, 0.2) is 0 Å². The van der Waals surface area contributed by atoms with Crippen molar-refractivity contribution in [2.24, 2.45) is 5.92 Å². The van der Waals surface area contributed by atoms with Gasteiger partial charge < -0.3 is 19.6 Å². The van der Waals surface area contributed by atoms with Crippen molar-refractivity contribution in [2.45, 2.75) is 59.6 Å². The molecule has 1 rings (SSSR count). The third kappa shape index (κ3) is 7.11. The Kier molecular flexibility index (Phi) is 8.01. The molecule has 1 aromatic heterocycles. The fourth-order valence-electron chi connectivity index (χ4n) is 2.38. The normalized spacial score (nSPS) is 14.6. The molecule has 0 aromatic carbocycles. The quantitative estimate of drug-likeness (QED) is 0.650. The van der Waals surface area contributed by atoms with Crippen LogP contribution in [-0.4, -0.2) is 31.0 Å². The third-order valence-electron chi connectivity index (χ3n) is 3.59. The Bertz CT molecular complexity index is 401. The van der Waals surface area contributed by atoms with Gasteiger partial charge in [0, 0.05) is 24.8 Å². The van der Waals surface area contributed by atoms with E-state index in [0.717, 1.165) is 30.1 Å². The third-order valence-corrected chi connectivity index (χ3v) is 3.59. The molecule has 122 valence electrons. The summed E-state index contributed by atoms with van der Waals surface area (Å²) in [6, 6.07) is 2.21. The molecule has 1 aromatic rings. The maximum Gasteiger partial charge on any atom is 0.105 e. The molecular weight excluding hydrogens is 266 g/mol. The van der Waals surface area contributed by atoms with Crippen molar-refractivity contribution in [3.8, 4) is 0 Å². The summed E-state index contributed by atoms with van der Waals surface area (Å²) in [5.74, 6) is 2.57. The molecule has 0 fully saturated rings. The fourth-order valence-corrected chi connectivity index (χ4v) is 2.38. The monoisotopic (exact) mass is 297 g/mol. The van der Waals surface area contributed by atoms with Gasteiger partial charge in [-0.25, -0.2) is 0 Å². The van der Waals surface area contributed by atoms with Crippen molar-refractivity contribution in [2.75, 3.05) is 19.8 Å². The van der Waals surface area contributed by atoms with Gasteiger partial charge >= 0.3 is 0 Å². The van der Waals surface area contributed by atoms with Crippen LogP contribution in [0.15, 0.2) is 10.5 Å². The van der Waals surface area contributed by atoms with Crippen molar-refractivity contribution < 1.29 is 14.3 Å². The molecular formula is C17H31NO3. The molecule has 2 unspecified atom stereocenters. The summed E-state index contributed by atoms with van der Waals surface area (Å²) in [4.78, 5) is 0. The Morgan fingerprint density at radius 2 is 2.00 bits per heavy atom. The highest BCUT2D eigenvalue weighted by atomic mass is 16.5. The van der Waals surface area contributed by atoms with Crippen LogP contribution in [0.2, 0.25) is 0 Å². The van der Waals surface area contributed by atoms with Crippen LogP contribution in [0.4, 0.5) is 0 Å². The molecule has 0 aliphatic rings. The van der Waals surface area contributed by atoms with Gasteiger partial charge in [0.05, 0.1) is 12.7 Å². The minimum Gasteiger partial charge on any atom is -0.466 e. The van der Waals surface area contributed by atoms with Crippen LogP contribution < -0.4 is 5.32 Å². The summed E-state index contributed by atoms with van der Waals surface area (Å²) in [6.45, 7) is 12.0. The molecule has 0 saturated carbocycles. The lowest BCUT2D eigenvalue weighted by molar-refractivity contribution is 0.0337. The number of hydrogen-bond donors (Lipinski definition) is 2. The summed E-state index contributed by atoms with van der Waals surface area (Å²) in [6.07, 6.45) is 1.76. The SMILES string of the molecule is Cc1cc(C(C)NCC(O)COCCCC(C)C)c(C)o1. The first-order valence-electron chi connectivity index (χ1n) is 7.96. The van der Waals surface area contributed by atoms with Crippen LogP contribution in [0.5, 0.6) is 0 Å². The minimum absolute atomic E-state index is 0.165. The van der Waals surface area contributed by atoms with Gasteiger partial charge in [-0.05, 0) is 45.6 Å². The molecule has 21 heavy (non-hydrogen) atoms. The zero-order valence-electron chi connectivity index (χ0n) is 14.1. The Labute approximate surface area is 128 Å². The van der Waals surface area contributed by atoms with Crippen molar-refractivity contribution >= 4 is 0 Å². The number of furan rings is 1. The van der Waals surface area contributed by atoms with E-state index >= 15 is 0 Å². The van der Waals surface area contributed by atoms with Gasteiger partial charge in [-0.3, -0.25) is 0 Å². The molecule has 0 bridgehead atoms. The Morgan fingerprint density at radius 1 is 1.29 bits per heavy atom. The fraction of sp³-hybridized carbons (Fsp3) is 0.765. The summed E-state index contributed by atoms with van der Waals surface area (Å²) >= 11 is 0. The van der Waals surface area contributed by atoms with Crippen molar-refractivity contribution in [1.82, 2.24) is 5.32 Å². The van der Waals surface area contributed by atoms with Crippen LogP contribution in [0, 0.1) is 19.8 Å². The van der Waals surface area contributed by atoms with Crippen molar-refractivity contribution in [1.29, 1.82) is 0 Å². The second kappa shape index (κ2) is 9.23. The average Bonchev–Trinajstić information content (AvgIpc) is 2.74. The molecule has 0 spiro atoms. The lowest BCUT2D eigenvalue weighted by Gasteiger charge is -2.17. The van der Waals surface area contributed by atoms with Crippen LogP contribution >= 0.6 is 0 Å². The second-order valence-corrected chi connectivity index (χ2v) is 6.26. The van der Waals surface area contributed by atoms with Gasteiger partial charge in [-0.15, -0.1) is 0 Å². The highest BCUT2D eigenvalue weighted by Gasteiger charge is 2.13. The largest absolute Gasteiger partial charge is 0.466 e. The maximum atomic E-state index is 9.92. The van der Waals surface area contributed by atoms with Gasteiger partial charge in [0.2, 0.25) is 0 Å². The van der Waals surface area contributed by atoms with Crippen molar-refractivity contribution in [3.63, 3.8) is 0 Å². The van der Waals surface area contributed by atoms with E-state index in [9.17, 15) is 5.11 Å². The summed E-state index contributed by atoms with van der Waals surface area (Å²) in [5.41, 5.74) is 1.15. The number of rotatable bonds is 10. The van der Waals surface area contributed by atoms with Crippen LogP contribution in [-0.2, 0) is 4.74 Å². The van der Waals surface area contributed by atoms with Gasteiger partial charge in [-0.2, -0.15) is 0 Å². The highest BCUT2D eigenvalue weighted by molar-refractivity contribution is 5.23. The highest BCUT2D eigenvalue weighted by Crippen LogP contribution is 2.20. The topological polar surface area (TPSA) is 54.6 Å². The molecule has 0 aliphatic carbocycles. The van der Waals surface area contributed by atoms with Gasteiger partial charge in [-0.1, -0.05) is 13.8 Å². The number of aliphatic hydroxyl groups is 1. The molecule has 2 atom stereocenters. The van der Waals surface area contributed by atoms with E-state index in [1.807, 2.05) is 19.9 Å². The Hall–Kier alpha value is -0.840. The lowest BCUT2D eigenvalue weighted by atomic mass is 10.1. The van der Waals surface area contributed by atoms with Crippen molar-refractivity contribution in [3.05, 3.63) is 23.2 Å². The van der Waals surface area contributed by atoms with E-state index in [1.54, 1.807) is 0 Å². The first-order chi connectivity index (χ1) is 9.90. The van der Waals surface area contributed by atoms with Crippen LogP contribution in [0.25, 0.3) is 0 Å². The zero-order chi connectivity index (χ0) is 15.8. The second-order valence-electron chi connectivity index (χ2n) is 6.26. The lowest BCUT2D eigenvalue weighted by Crippen LogP contribution is -2.32. The maximum absolute atomic E-state index is 9.92. The summed E-state index contributed by atoms with van der Waals surface area (Å²) < 4.78 is 11.0. The number of ether oxygens (including phenoxy) is 1. The van der Waals surface area contributed by atoms with Gasteiger partial charge in [0.25, 0.3) is 0 Å². The van der Waals surface area contributed by atoms with E-state index in [0.29, 0.717) is 19.1 Å². The summed E-state index contributed by atoms with van der Waals surface area (Å²) in [5, 5.41) is 13.2. The molecule has 0 amide bonds. The predicted molar refractivity (Wildman–Crippen MR) is 85.5 cm³/mol. The Morgan fingerprint density at radius 3 is 2.57 bits per heavy atom. The number of aryl methyl sites for hydroxylation is 2. The first kappa shape index (κ1) is 18.2. The molecule has 4 nitrogen and oxygen atoms in total. The molecule has 0 saturated heterocycles. The van der Waals surface area contributed by atoms with Gasteiger partial charge in [0.1, 0.15) is 11.5 Å². The minimum atomic E-state index is -0.472. The number of aliphatic hydroxyl groups excluding tert-OH is 1. The molecule has 1 heterocycles. The standard InChI is InChI=1S/C17H31NO3/c1-12(2)7-6-8-20-11-16(19)10-18-14(4)17-9-13(3)21-15(17)5/h9,12,14,16,18-19H,6-8,10-11H2,1-5H3. The average molecular weight is 297 g/mol. The molecule has 4 heteroatoms. The Balaban J connectivity index is 2.17. The van der Waals surface area contributed by atoms with E-state index in [2.05, 4.69) is 26.1 Å². The smallest absolute Gasteiger partial charge is 0.105 e. The van der Waals surface area contributed by atoms with E-state index in [4.69, 9.17) is 9.15 Å². The van der Waals surface area contributed by atoms with Crippen LogP contribution in [0.1, 0.15) is 56.7 Å². The summed E-state index contributed by atoms with van der Waals surface area (Å²) in [7, 11) is 0. The van der Waals surface area contributed by atoms with E-state index in [1.165, 1.54) is 6.42 Å². The number of nitrogens with one attached hydrogen (secondary N) is 1. The van der Waals surface area contributed by atoms with E-state index < -0.39 is 6.10 Å². The predicted octanol–water partition coefficient (Wildman–Crippen LogP) is 3.36. The first-order valence-corrected chi connectivity index (χ1v) is 7.96. The molecule has 0 radical (unpaired) electrons. The van der Waals surface area contributed by atoms with E-state index in [-0.39, 0.29) is 6.04 Å². The molecule has 2 N–H and O–H groups in total.